The minimum Gasteiger partial charge on any atom is -0.507 e. The van der Waals surface area contributed by atoms with Gasteiger partial charge in [0.2, 0.25) is 0 Å². The number of Topliss-reactive ketones (excluding diaryl/α,β-unsaturated/α-hetero) is 1. The lowest BCUT2D eigenvalue weighted by Crippen LogP contribution is -2.29. The number of hydrogen-bond donors (Lipinski definition) is 2. The first-order valence-corrected chi connectivity index (χ1v) is 12.7. The monoisotopic (exact) mass is 531 g/mol. The van der Waals surface area contributed by atoms with Gasteiger partial charge in [-0.1, -0.05) is 48.0 Å². The molecule has 0 radical (unpaired) electrons. The molecule has 4 aromatic rings. The van der Waals surface area contributed by atoms with Crippen LogP contribution >= 0.6 is 22.9 Å². The smallest absolute Gasteiger partial charge is 0.300 e. The molecule has 1 atom stereocenters. The molecule has 0 bridgehead atoms. The maximum absolute atomic E-state index is 13.3. The fourth-order valence-electron chi connectivity index (χ4n) is 4.34. The summed E-state index contributed by atoms with van der Waals surface area (Å²) >= 11 is 7.47. The lowest BCUT2D eigenvalue weighted by molar-refractivity contribution is -0.132. The number of hydrogen-bond acceptors (Lipinski definition) is 6. The highest BCUT2D eigenvalue weighted by atomic mass is 35.5. The normalized spacial score (nSPS) is 16.8. The van der Waals surface area contributed by atoms with E-state index in [0.717, 1.165) is 11.1 Å². The van der Waals surface area contributed by atoms with Gasteiger partial charge in [-0.3, -0.25) is 14.5 Å². The summed E-state index contributed by atoms with van der Waals surface area (Å²) in [6.45, 7) is 2.23. The Balaban J connectivity index is 1.55. The molecule has 2 N–H and O–H groups in total. The number of nitrogens with zero attached hydrogens (tertiary/aromatic N) is 1. The molecule has 0 saturated carbocycles. The number of aryl methyl sites for hydroxylation is 1. The summed E-state index contributed by atoms with van der Waals surface area (Å²) in [6.07, 6.45) is 0. The Hall–Kier alpha value is -4.07. The second-order valence-electron chi connectivity index (χ2n) is 8.57. The van der Waals surface area contributed by atoms with Gasteiger partial charge in [-0.2, -0.15) is 0 Å². The third-order valence-corrected chi connectivity index (χ3v) is 7.30. The van der Waals surface area contributed by atoms with Crippen LogP contribution in [-0.2, 0) is 16.2 Å². The molecule has 0 aliphatic carbocycles. The number of ketones is 1. The number of halogens is 1. The van der Waals surface area contributed by atoms with Gasteiger partial charge in [-0.15, -0.1) is 11.3 Å². The van der Waals surface area contributed by atoms with Crippen molar-refractivity contribution in [3.05, 3.63) is 116 Å². The molecule has 3 aromatic carbocycles. The van der Waals surface area contributed by atoms with E-state index in [1.807, 2.05) is 42.6 Å². The molecule has 1 fully saturated rings. The van der Waals surface area contributed by atoms with Crippen molar-refractivity contribution in [2.45, 2.75) is 19.6 Å². The molecule has 1 aromatic heterocycles. The Morgan fingerprint density at radius 1 is 1.03 bits per heavy atom. The lowest BCUT2D eigenvalue weighted by atomic mass is 9.98. The van der Waals surface area contributed by atoms with Crippen molar-refractivity contribution in [1.29, 1.82) is 0 Å². The molecule has 8 heteroatoms. The fourth-order valence-corrected chi connectivity index (χ4v) is 5.33. The number of phenols is 1. The number of carbonyl (C=O) groups excluding carboxylic acids is 2. The number of aromatic hydroxyl groups is 1. The molecular weight excluding hydrogens is 510 g/mol. The molecule has 0 spiro atoms. The molecular formula is C29H22ClNO5S. The summed E-state index contributed by atoms with van der Waals surface area (Å²) in [7, 11) is 0. The van der Waals surface area contributed by atoms with Crippen LogP contribution in [0, 0.1) is 6.92 Å². The largest absolute Gasteiger partial charge is 0.507 e. The summed E-state index contributed by atoms with van der Waals surface area (Å²) in [5, 5.41) is 24.0. The predicted octanol–water partition coefficient (Wildman–Crippen LogP) is 6.62. The van der Waals surface area contributed by atoms with Crippen molar-refractivity contribution < 1.29 is 24.5 Å². The van der Waals surface area contributed by atoms with E-state index in [-0.39, 0.29) is 22.8 Å². The lowest BCUT2D eigenvalue weighted by Gasteiger charge is -2.25. The Morgan fingerprint density at radius 3 is 2.51 bits per heavy atom. The van der Waals surface area contributed by atoms with Crippen LogP contribution in [-0.4, -0.2) is 21.9 Å². The van der Waals surface area contributed by atoms with E-state index < -0.39 is 17.7 Å². The number of thiophene rings is 1. The number of anilines is 1. The number of carbonyl (C=O) groups is 2. The number of phenolic OH excluding ortho intramolecular Hbond substituents is 1. The van der Waals surface area contributed by atoms with Crippen molar-refractivity contribution in [3.63, 3.8) is 0 Å². The Bertz CT molecular complexity index is 1510. The molecule has 1 saturated heterocycles. The Kier molecular flexibility index (Phi) is 6.74. The van der Waals surface area contributed by atoms with E-state index in [1.54, 1.807) is 30.3 Å². The summed E-state index contributed by atoms with van der Waals surface area (Å²) in [4.78, 5) is 28.3. The van der Waals surface area contributed by atoms with Gasteiger partial charge in [0.25, 0.3) is 11.7 Å². The zero-order valence-corrected chi connectivity index (χ0v) is 21.3. The first kappa shape index (κ1) is 24.6. The summed E-state index contributed by atoms with van der Waals surface area (Å²) in [6, 6.07) is 21.8. The van der Waals surface area contributed by atoms with Crippen LogP contribution in [0.4, 0.5) is 5.69 Å². The summed E-state index contributed by atoms with van der Waals surface area (Å²) in [5.74, 6) is -1.59. The summed E-state index contributed by atoms with van der Waals surface area (Å²) in [5.41, 5.74) is 2.18. The molecule has 1 unspecified atom stereocenters. The fraction of sp³-hybridized carbons (Fsp3) is 0.103. The molecule has 37 heavy (non-hydrogen) atoms. The first-order chi connectivity index (χ1) is 17.8. The SMILES string of the molecule is Cc1cc(/C(O)=C2/C(=O)C(=O)N(c3cc(Cl)ccc3O)C2c2cccs2)ccc1OCc1ccccc1. The highest BCUT2D eigenvalue weighted by Crippen LogP contribution is 2.46. The molecule has 1 amide bonds. The van der Waals surface area contributed by atoms with Crippen LogP contribution in [0.25, 0.3) is 5.76 Å². The van der Waals surface area contributed by atoms with Crippen LogP contribution < -0.4 is 9.64 Å². The van der Waals surface area contributed by atoms with Crippen LogP contribution in [0.1, 0.15) is 27.6 Å². The quantitative estimate of drug-likeness (QED) is 0.166. The molecule has 6 nitrogen and oxygen atoms in total. The van der Waals surface area contributed by atoms with E-state index in [1.165, 1.54) is 34.4 Å². The third kappa shape index (κ3) is 4.71. The minimum absolute atomic E-state index is 0.0656. The highest BCUT2D eigenvalue weighted by Gasteiger charge is 2.48. The Morgan fingerprint density at radius 2 is 1.81 bits per heavy atom. The van der Waals surface area contributed by atoms with Crippen LogP contribution in [0.15, 0.2) is 89.8 Å². The van der Waals surface area contributed by atoms with Gasteiger partial charge in [0.1, 0.15) is 29.9 Å². The number of ether oxygens (including phenoxy) is 1. The molecule has 1 aliphatic heterocycles. The van der Waals surface area contributed by atoms with Gasteiger partial charge in [-0.25, -0.2) is 0 Å². The van der Waals surface area contributed by atoms with Crippen LogP contribution in [0.3, 0.4) is 0 Å². The molecule has 186 valence electrons. The van der Waals surface area contributed by atoms with Crippen LogP contribution in [0.2, 0.25) is 5.02 Å². The van der Waals surface area contributed by atoms with E-state index in [0.29, 0.717) is 27.8 Å². The van der Waals surface area contributed by atoms with Crippen molar-refractivity contribution >= 4 is 46.1 Å². The van der Waals surface area contributed by atoms with Crippen molar-refractivity contribution in [2.75, 3.05) is 4.90 Å². The standard InChI is InChI=1S/C29H22ClNO5S/c1-17-14-19(9-12-23(17)36-16-18-6-3-2-4-7-18)27(33)25-26(24-8-5-13-37-24)31(29(35)28(25)34)21-15-20(30)10-11-22(21)32/h2-15,26,32-33H,16H2,1H3/b27-25-. The first-order valence-electron chi connectivity index (χ1n) is 11.5. The number of rotatable bonds is 6. The van der Waals surface area contributed by atoms with Gasteiger partial charge in [0, 0.05) is 15.5 Å². The van der Waals surface area contributed by atoms with Gasteiger partial charge in [-0.05, 0) is 65.9 Å². The molecule has 2 heterocycles. The van der Waals surface area contributed by atoms with E-state index in [2.05, 4.69) is 0 Å². The third-order valence-electron chi connectivity index (χ3n) is 6.14. The van der Waals surface area contributed by atoms with E-state index in [4.69, 9.17) is 16.3 Å². The predicted molar refractivity (Wildman–Crippen MR) is 144 cm³/mol. The van der Waals surface area contributed by atoms with E-state index in [9.17, 15) is 19.8 Å². The number of aliphatic hydroxyl groups is 1. The maximum atomic E-state index is 13.3. The number of benzene rings is 3. The second-order valence-corrected chi connectivity index (χ2v) is 9.99. The Labute approximate surface area is 222 Å². The zero-order valence-electron chi connectivity index (χ0n) is 19.7. The van der Waals surface area contributed by atoms with Gasteiger partial charge < -0.3 is 14.9 Å². The van der Waals surface area contributed by atoms with Crippen molar-refractivity contribution in [3.8, 4) is 11.5 Å². The number of aliphatic hydroxyl groups excluding tert-OH is 1. The highest BCUT2D eigenvalue weighted by molar-refractivity contribution is 7.10. The van der Waals surface area contributed by atoms with Gasteiger partial charge >= 0.3 is 0 Å². The van der Waals surface area contributed by atoms with Crippen LogP contribution in [0.5, 0.6) is 11.5 Å². The number of amides is 1. The average molecular weight is 532 g/mol. The van der Waals surface area contributed by atoms with E-state index >= 15 is 0 Å². The van der Waals surface area contributed by atoms with Gasteiger partial charge in [0.15, 0.2) is 0 Å². The molecule has 5 rings (SSSR count). The van der Waals surface area contributed by atoms with Crippen molar-refractivity contribution in [2.24, 2.45) is 0 Å². The minimum atomic E-state index is -0.932. The molecule has 1 aliphatic rings. The second kappa shape index (κ2) is 10.1. The topological polar surface area (TPSA) is 87.1 Å². The zero-order chi connectivity index (χ0) is 26.1. The average Bonchev–Trinajstić information content (AvgIpc) is 3.52. The maximum Gasteiger partial charge on any atom is 0.300 e. The summed E-state index contributed by atoms with van der Waals surface area (Å²) < 4.78 is 5.93. The van der Waals surface area contributed by atoms with Gasteiger partial charge in [0.05, 0.1) is 11.3 Å². The van der Waals surface area contributed by atoms with Crippen molar-refractivity contribution in [1.82, 2.24) is 0 Å².